The number of rotatable bonds is 9. The molecule has 0 unspecified atom stereocenters. The smallest absolute Gasteiger partial charge is 0.148 e. The van der Waals surface area contributed by atoms with Crippen molar-refractivity contribution in [3.63, 3.8) is 0 Å². The zero-order valence-corrected chi connectivity index (χ0v) is 37.1. The van der Waals surface area contributed by atoms with E-state index in [2.05, 4.69) is 101 Å². The molecule has 0 fully saturated rings. The number of pyridine rings is 1. The Hall–Kier alpha value is -6.35. The molecule has 0 amide bonds. The van der Waals surface area contributed by atoms with E-state index in [1.165, 1.54) is 5.56 Å². The molecule has 4 nitrogen and oxygen atoms in total. The van der Waals surface area contributed by atoms with Gasteiger partial charge in [-0.05, 0) is 100 Å². The summed E-state index contributed by atoms with van der Waals surface area (Å²) >= 11 is 0. The predicted molar refractivity (Wildman–Crippen MR) is 250 cm³/mol. The van der Waals surface area contributed by atoms with Crippen LogP contribution in [0.15, 0.2) is 164 Å². The van der Waals surface area contributed by atoms with Gasteiger partial charge in [-0.25, -0.2) is 4.98 Å². The molecule has 61 heavy (non-hydrogen) atoms. The topological polar surface area (TPSA) is 50.9 Å². The van der Waals surface area contributed by atoms with E-state index in [0.717, 1.165) is 66.9 Å². The molecule has 2 heterocycles. The van der Waals surface area contributed by atoms with Crippen molar-refractivity contribution in [3.8, 4) is 78.6 Å². The van der Waals surface area contributed by atoms with Gasteiger partial charge in [0.05, 0.1) is 22.3 Å². The van der Waals surface area contributed by atoms with Crippen LogP contribution in [0.5, 0.6) is 5.75 Å². The van der Waals surface area contributed by atoms with Crippen LogP contribution in [0, 0.1) is 19.8 Å². The number of hydrogen-bond acceptors (Lipinski definition) is 3. The molecule has 1 N–H and O–H groups in total. The fraction of sp³-hybridized carbons (Fsp3) is 0.143. The van der Waals surface area contributed by atoms with Gasteiger partial charge < -0.3 is 5.11 Å². The molecule has 2 aromatic heterocycles. The molecule has 0 saturated heterocycles. The van der Waals surface area contributed by atoms with Crippen LogP contribution < -0.4 is 0 Å². The minimum absolute atomic E-state index is 0. The number of imidazole rings is 1. The number of fused-ring (bicyclic) bond motifs is 1. The zero-order valence-electron chi connectivity index (χ0n) is 37.8. The first kappa shape index (κ1) is 37.6. The first-order valence-corrected chi connectivity index (χ1v) is 20.6. The van der Waals surface area contributed by atoms with Crippen LogP contribution >= 0.6 is 0 Å². The minimum Gasteiger partial charge on any atom is -0.507 e. The fourth-order valence-corrected chi connectivity index (χ4v) is 8.06. The molecule has 0 radical (unpaired) electrons. The van der Waals surface area contributed by atoms with Crippen molar-refractivity contribution in [1.82, 2.24) is 14.5 Å². The maximum Gasteiger partial charge on any atom is 0.148 e. The summed E-state index contributed by atoms with van der Waals surface area (Å²) in [5.41, 5.74) is 14.7. The van der Waals surface area contributed by atoms with Gasteiger partial charge in [-0.3, -0.25) is 9.55 Å². The standard InChI is InChI=1S/C56H48N3O.Pt/c1-35(2)44-32-49(36(3)4)55(60)50(33-44)56-58-54-48(18-13-19-53(54)59(56)52-25-24-42(28-38(52)6)39-14-9-7-10-15-39)46-29-45(40-16-11-8-12-17-40)30-47(31-46)51-34-43(26-27-57-51)41-22-20-37(5)21-23-41;/h7-30,32-36,60H,1-6H3;/q-1;/i6D3;. The average molecular weight is 977 g/mol. The second kappa shape index (κ2) is 17.3. The first-order valence-electron chi connectivity index (χ1n) is 22.1. The van der Waals surface area contributed by atoms with Gasteiger partial charge in [-0.1, -0.05) is 165 Å². The van der Waals surface area contributed by atoms with Crippen molar-refractivity contribution < 1.29 is 30.3 Å². The van der Waals surface area contributed by atoms with Crippen molar-refractivity contribution in [3.05, 3.63) is 192 Å². The molecule has 304 valence electrons. The summed E-state index contributed by atoms with van der Waals surface area (Å²) in [6.07, 6.45) is 1.84. The Balaban J connectivity index is 0.00000560. The van der Waals surface area contributed by atoms with Gasteiger partial charge in [0.2, 0.25) is 0 Å². The number of phenolic OH excluding ortho intramolecular Hbond substituents is 1. The molecule has 9 rings (SSSR count). The summed E-state index contributed by atoms with van der Waals surface area (Å²) in [4.78, 5) is 10.3. The number of benzene rings is 7. The molecule has 0 saturated carbocycles. The third-order valence-corrected chi connectivity index (χ3v) is 11.4. The van der Waals surface area contributed by atoms with Gasteiger partial charge in [0.25, 0.3) is 0 Å². The van der Waals surface area contributed by atoms with Crippen LogP contribution in [0.3, 0.4) is 0 Å². The Labute approximate surface area is 378 Å². The number of aryl methyl sites for hydroxylation is 2. The Morgan fingerprint density at radius 3 is 1.95 bits per heavy atom. The van der Waals surface area contributed by atoms with E-state index in [-0.39, 0.29) is 44.2 Å². The second-order valence-electron chi connectivity index (χ2n) is 16.2. The number of hydrogen-bond donors (Lipinski definition) is 1. The molecule has 5 heteroatoms. The number of para-hydroxylation sites is 1. The summed E-state index contributed by atoms with van der Waals surface area (Å²) in [5, 5.41) is 12.2. The predicted octanol–water partition coefficient (Wildman–Crippen LogP) is 14.8. The Bertz CT molecular complexity index is 3120. The Kier molecular flexibility index (Phi) is 10.7. The van der Waals surface area contributed by atoms with Gasteiger partial charge >= 0.3 is 0 Å². The average Bonchev–Trinajstić information content (AvgIpc) is 3.68. The summed E-state index contributed by atoms with van der Waals surface area (Å²) in [6, 6.07) is 56.4. The number of aromatic nitrogens is 3. The number of nitrogens with zero attached hydrogens (tertiary/aromatic N) is 3. The van der Waals surface area contributed by atoms with Crippen LogP contribution in [0.4, 0.5) is 0 Å². The van der Waals surface area contributed by atoms with Crippen LogP contribution in [-0.4, -0.2) is 19.6 Å². The zero-order chi connectivity index (χ0) is 44.0. The summed E-state index contributed by atoms with van der Waals surface area (Å²) in [5.74, 6) is 0.753. The van der Waals surface area contributed by atoms with Gasteiger partial charge in [0.1, 0.15) is 11.6 Å². The maximum atomic E-state index is 12.2. The summed E-state index contributed by atoms with van der Waals surface area (Å²) in [6.45, 7) is 8.00. The normalized spacial score (nSPS) is 12.3. The third-order valence-electron chi connectivity index (χ3n) is 11.4. The quantitative estimate of drug-likeness (QED) is 0.147. The Morgan fingerprint density at radius 2 is 1.26 bits per heavy atom. The fourth-order valence-electron chi connectivity index (χ4n) is 8.06. The summed E-state index contributed by atoms with van der Waals surface area (Å²) in [7, 11) is 0. The van der Waals surface area contributed by atoms with Gasteiger partial charge in [-0.2, -0.15) is 0 Å². The van der Waals surface area contributed by atoms with E-state index in [9.17, 15) is 5.11 Å². The van der Waals surface area contributed by atoms with Crippen molar-refractivity contribution in [2.24, 2.45) is 0 Å². The SMILES string of the molecule is [2H]C([2H])([2H])c1cc(-c2ccccc2)ccc1-n1c(-c2cc(C(C)C)cc(C(C)C)c2O)nc2c(-c3[c-]c(-c4cc(-c5ccc(C)cc5)ccn4)cc(-c4ccccc4)c3)cccc21.[Pt]. The molecule has 9 aromatic rings. The molecule has 0 spiro atoms. The molecule has 0 aliphatic heterocycles. The van der Waals surface area contributed by atoms with Gasteiger partial charge in [0.15, 0.2) is 0 Å². The van der Waals surface area contributed by atoms with E-state index in [4.69, 9.17) is 14.1 Å². The number of aromatic hydroxyl groups is 1. The van der Waals surface area contributed by atoms with Crippen molar-refractivity contribution in [2.45, 2.75) is 53.3 Å². The van der Waals surface area contributed by atoms with Crippen LogP contribution in [0.2, 0.25) is 0 Å². The monoisotopic (exact) mass is 976 g/mol. The van der Waals surface area contributed by atoms with E-state index >= 15 is 0 Å². The van der Waals surface area contributed by atoms with E-state index < -0.39 is 6.85 Å². The largest absolute Gasteiger partial charge is 0.507 e. The van der Waals surface area contributed by atoms with Crippen LogP contribution in [0.1, 0.15) is 65.9 Å². The molecule has 0 atom stereocenters. The third kappa shape index (κ3) is 8.13. The molecule has 0 aliphatic carbocycles. The van der Waals surface area contributed by atoms with Crippen molar-refractivity contribution in [1.29, 1.82) is 0 Å². The maximum absolute atomic E-state index is 12.2. The second-order valence-corrected chi connectivity index (χ2v) is 16.2. The van der Waals surface area contributed by atoms with Crippen molar-refractivity contribution >= 4 is 11.0 Å². The van der Waals surface area contributed by atoms with Crippen LogP contribution in [0.25, 0.3) is 83.9 Å². The Morgan fingerprint density at radius 1 is 0.607 bits per heavy atom. The van der Waals surface area contributed by atoms with E-state index in [0.29, 0.717) is 28.1 Å². The van der Waals surface area contributed by atoms with Gasteiger partial charge in [0, 0.05) is 37.1 Å². The molecule has 0 bridgehead atoms. The van der Waals surface area contributed by atoms with E-state index in [1.807, 2.05) is 102 Å². The van der Waals surface area contributed by atoms with E-state index in [1.54, 1.807) is 6.07 Å². The molecular formula is C56H48N3OPt-. The van der Waals surface area contributed by atoms with Crippen LogP contribution in [-0.2, 0) is 21.1 Å². The molecular weight excluding hydrogens is 926 g/mol. The molecule has 0 aliphatic rings. The molecule has 7 aromatic carbocycles. The first-order chi connectivity index (χ1) is 30.3. The number of phenols is 1. The van der Waals surface area contributed by atoms with Crippen molar-refractivity contribution in [2.75, 3.05) is 0 Å². The minimum atomic E-state index is -2.48. The van der Waals surface area contributed by atoms with Gasteiger partial charge in [-0.15, -0.1) is 23.8 Å². The summed E-state index contributed by atoms with van der Waals surface area (Å²) < 4.78 is 28.6.